The molecule has 1 aromatic carbocycles. The third-order valence-electron chi connectivity index (χ3n) is 2.79. The molecule has 0 heterocycles. The Morgan fingerprint density at radius 2 is 1.87 bits per heavy atom. The van der Waals surface area contributed by atoms with Crippen LogP contribution in [0.5, 0.6) is 0 Å². The Labute approximate surface area is 90.0 Å². The van der Waals surface area contributed by atoms with Crippen LogP contribution in [-0.4, -0.2) is 12.8 Å². The number of carbonyl (C=O) groups excluding carboxylic acids is 1. The van der Waals surface area contributed by atoms with Crippen molar-refractivity contribution in [2.45, 2.75) is 19.3 Å². The lowest BCUT2D eigenvalue weighted by molar-refractivity contribution is -0.118. The van der Waals surface area contributed by atoms with Gasteiger partial charge in [-0.05, 0) is 29.7 Å². The summed E-state index contributed by atoms with van der Waals surface area (Å²) in [7, 11) is 1.91. The molecule has 15 heavy (non-hydrogen) atoms. The number of nitrogens with one attached hydrogen (secondary N) is 1. The molecule has 78 valence electrons. The van der Waals surface area contributed by atoms with Crippen molar-refractivity contribution in [2.24, 2.45) is 0 Å². The van der Waals surface area contributed by atoms with E-state index in [4.69, 9.17) is 0 Å². The highest BCUT2D eigenvalue weighted by atomic mass is 16.1. The van der Waals surface area contributed by atoms with Crippen LogP contribution < -0.4 is 5.32 Å². The molecule has 0 saturated carbocycles. The minimum Gasteiger partial charge on any atom is -0.388 e. The Balaban J connectivity index is 2.19. The van der Waals surface area contributed by atoms with Crippen molar-refractivity contribution in [2.75, 3.05) is 12.4 Å². The van der Waals surface area contributed by atoms with Crippen LogP contribution >= 0.6 is 0 Å². The molecular weight excluding hydrogens is 186 g/mol. The van der Waals surface area contributed by atoms with Gasteiger partial charge in [0.1, 0.15) is 5.78 Å². The SMILES string of the molecule is CNc1ccc(C2=CCC(=O)CC2)cc1. The van der Waals surface area contributed by atoms with Gasteiger partial charge in [-0.3, -0.25) is 4.79 Å². The van der Waals surface area contributed by atoms with Gasteiger partial charge in [0.05, 0.1) is 0 Å². The topological polar surface area (TPSA) is 29.1 Å². The van der Waals surface area contributed by atoms with Crippen LogP contribution in [0.4, 0.5) is 5.69 Å². The summed E-state index contributed by atoms with van der Waals surface area (Å²) in [5, 5.41) is 3.09. The molecule has 0 aliphatic heterocycles. The Bertz CT molecular complexity index is 390. The van der Waals surface area contributed by atoms with Crippen LogP contribution in [0.1, 0.15) is 24.8 Å². The van der Waals surface area contributed by atoms with Gasteiger partial charge in [0.15, 0.2) is 0 Å². The number of Topliss-reactive ketones (excluding diaryl/α,β-unsaturated/α-hetero) is 1. The molecule has 2 nitrogen and oxygen atoms in total. The number of benzene rings is 1. The Morgan fingerprint density at radius 1 is 1.13 bits per heavy atom. The maximum absolute atomic E-state index is 11.1. The molecule has 1 aromatic rings. The molecule has 0 radical (unpaired) electrons. The average molecular weight is 201 g/mol. The molecule has 0 spiro atoms. The van der Waals surface area contributed by atoms with Crippen LogP contribution in [0, 0.1) is 0 Å². The highest BCUT2D eigenvalue weighted by Crippen LogP contribution is 2.25. The highest BCUT2D eigenvalue weighted by molar-refractivity contribution is 5.87. The second-order valence-electron chi connectivity index (χ2n) is 3.80. The molecule has 2 rings (SSSR count). The van der Waals surface area contributed by atoms with Gasteiger partial charge in [-0.1, -0.05) is 18.2 Å². The second kappa shape index (κ2) is 4.30. The molecule has 0 fully saturated rings. The smallest absolute Gasteiger partial charge is 0.137 e. The lowest BCUT2D eigenvalue weighted by atomic mass is 9.93. The molecule has 0 amide bonds. The van der Waals surface area contributed by atoms with E-state index >= 15 is 0 Å². The second-order valence-corrected chi connectivity index (χ2v) is 3.80. The minimum absolute atomic E-state index is 0.352. The van der Waals surface area contributed by atoms with Gasteiger partial charge < -0.3 is 5.32 Å². The van der Waals surface area contributed by atoms with Gasteiger partial charge in [-0.25, -0.2) is 0 Å². The molecule has 0 unspecified atom stereocenters. The van der Waals surface area contributed by atoms with Gasteiger partial charge in [0.2, 0.25) is 0 Å². The summed E-state index contributed by atoms with van der Waals surface area (Å²) >= 11 is 0. The van der Waals surface area contributed by atoms with Crippen molar-refractivity contribution in [3.8, 4) is 0 Å². The summed E-state index contributed by atoms with van der Waals surface area (Å²) in [5.74, 6) is 0.352. The van der Waals surface area contributed by atoms with Crippen LogP contribution in [0.2, 0.25) is 0 Å². The summed E-state index contributed by atoms with van der Waals surface area (Å²) in [6, 6.07) is 8.33. The molecule has 1 aliphatic rings. The number of allylic oxidation sites excluding steroid dienone is 2. The first-order chi connectivity index (χ1) is 7.29. The first-order valence-electron chi connectivity index (χ1n) is 5.28. The van der Waals surface area contributed by atoms with Crippen LogP contribution in [-0.2, 0) is 4.79 Å². The zero-order valence-corrected chi connectivity index (χ0v) is 8.92. The van der Waals surface area contributed by atoms with E-state index in [0.717, 1.165) is 12.1 Å². The number of anilines is 1. The van der Waals surface area contributed by atoms with E-state index in [0.29, 0.717) is 18.6 Å². The minimum atomic E-state index is 0.352. The van der Waals surface area contributed by atoms with Crippen molar-refractivity contribution >= 4 is 17.0 Å². The summed E-state index contributed by atoms with van der Waals surface area (Å²) in [6.45, 7) is 0. The number of hydrogen-bond donors (Lipinski definition) is 1. The summed E-state index contributed by atoms with van der Waals surface area (Å²) < 4.78 is 0. The quantitative estimate of drug-likeness (QED) is 0.797. The van der Waals surface area contributed by atoms with Gasteiger partial charge in [-0.15, -0.1) is 0 Å². The van der Waals surface area contributed by atoms with E-state index in [1.54, 1.807) is 0 Å². The number of ketones is 1. The first-order valence-corrected chi connectivity index (χ1v) is 5.28. The molecule has 0 saturated heterocycles. The maximum Gasteiger partial charge on any atom is 0.137 e. The first kappa shape index (κ1) is 9.97. The van der Waals surface area contributed by atoms with Crippen LogP contribution in [0.25, 0.3) is 5.57 Å². The predicted molar refractivity (Wildman–Crippen MR) is 62.8 cm³/mol. The van der Waals surface area contributed by atoms with E-state index in [9.17, 15) is 4.79 Å². The van der Waals surface area contributed by atoms with Gasteiger partial charge in [0, 0.05) is 25.6 Å². The zero-order chi connectivity index (χ0) is 10.7. The fourth-order valence-electron chi connectivity index (χ4n) is 1.83. The molecule has 1 N–H and O–H groups in total. The lowest BCUT2D eigenvalue weighted by Gasteiger charge is -2.12. The third kappa shape index (κ3) is 2.27. The van der Waals surface area contributed by atoms with E-state index in [1.807, 2.05) is 7.05 Å². The van der Waals surface area contributed by atoms with E-state index in [2.05, 4.69) is 35.7 Å². The van der Waals surface area contributed by atoms with Crippen molar-refractivity contribution in [3.05, 3.63) is 35.9 Å². The number of rotatable bonds is 2. The van der Waals surface area contributed by atoms with Crippen molar-refractivity contribution < 1.29 is 4.79 Å². The molecule has 1 aliphatic carbocycles. The monoisotopic (exact) mass is 201 g/mol. The van der Waals surface area contributed by atoms with E-state index < -0.39 is 0 Å². The molecule has 0 aromatic heterocycles. The molecule has 2 heteroatoms. The number of hydrogen-bond acceptors (Lipinski definition) is 2. The standard InChI is InChI=1S/C13H15NO/c1-14-12-6-2-10(3-7-12)11-4-8-13(15)9-5-11/h2-4,6-7,14H,5,8-9H2,1H3. The zero-order valence-electron chi connectivity index (χ0n) is 8.92. The molecular formula is C13H15NO. The third-order valence-corrected chi connectivity index (χ3v) is 2.79. The van der Waals surface area contributed by atoms with Crippen molar-refractivity contribution in [1.29, 1.82) is 0 Å². The Morgan fingerprint density at radius 3 is 2.40 bits per heavy atom. The van der Waals surface area contributed by atoms with Gasteiger partial charge >= 0.3 is 0 Å². The van der Waals surface area contributed by atoms with Crippen LogP contribution in [0.3, 0.4) is 0 Å². The van der Waals surface area contributed by atoms with E-state index in [1.165, 1.54) is 11.1 Å². The predicted octanol–water partition coefficient (Wildman–Crippen LogP) is 2.86. The lowest BCUT2D eigenvalue weighted by Crippen LogP contribution is -2.02. The Hall–Kier alpha value is -1.57. The van der Waals surface area contributed by atoms with Crippen LogP contribution in [0.15, 0.2) is 30.3 Å². The Kier molecular flexibility index (Phi) is 2.86. The fourth-order valence-corrected chi connectivity index (χ4v) is 1.83. The van der Waals surface area contributed by atoms with E-state index in [-0.39, 0.29) is 0 Å². The summed E-state index contributed by atoms with van der Waals surface area (Å²) in [5.41, 5.74) is 3.66. The average Bonchev–Trinajstić information content (AvgIpc) is 2.30. The van der Waals surface area contributed by atoms with Gasteiger partial charge in [-0.2, -0.15) is 0 Å². The molecule has 0 bridgehead atoms. The summed E-state index contributed by atoms with van der Waals surface area (Å²) in [6.07, 6.45) is 4.24. The largest absolute Gasteiger partial charge is 0.388 e. The summed E-state index contributed by atoms with van der Waals surface area (Å²) in [4.78, 5) is 11.1. The number of carbonyl (C=O) groups is 1. The highest BCUT2D eigenvalue weighted by Gasteiger charge is 2.11. The maximum atomic E-state index is 11.1. The van der Waals surface area contributed by atoms with Gasteiger partial charge in [0.25, 0.3) is 0 Å². The van der Waals surface area contributed by atoms with Crippen molar-refractivity contribution in [3.63, 3.8) is 0 Å². The van der Waals surface area contributed by atoms with Crippen molar-refractivity contribution in [1.82, 2.24) is 0 Å². The molecule has 0 atom stereocenters. The normalized spacial score (nSPS) is 16.1. The fraction of sp³-hybridized carbons (Fsp3) is 0.308.